The summed E-state index contributed by atoms with van der Waals surface area (Å²) >= 11 is 0. The van der Waals surface area contributed by atoms with Crippen LogP contribution in [0.25, 0.3) is 39.3 Å². The van der Waals surface area contributed by atoms with Gasteiger partial charge in [0.15, 0.2) is 21.5 Å². The molecule has 0 aliphatic carbocycles. The average molecular weight is 502 g/mol. The molecule has 1 aliphatic heterocycles. The molecule has 0 spiro atoms. The van der Waals surface area contributed by atoms with Crippen LogP contribution in [0, 0.1) is 17.6 Å². The fraction of sp³-hybridized carbons (Fsp3) is 0.375. The number of benzene rings is 1. The largest absolute Gasteiger partial charge is 0.381 e. The number of rotatable bonds is 5. The van der Waals surface area contributed by atoms with Gasteiger partial charge in [-0.3, -0.25) is 4.98 Å². The van der Waals surface area contributed by atoms with Crippen LogP contribution in [0.15, 0.2) is 29.8 Å². The summed E-state index contributed by atoms with van der Waals surface area (Å²) in [5, 5.41) is 8.22. The highest BCUT2D eigenvalue weighted by Gasteiger charge is 2.31. The molecule has 35 heavy (non-hydrogen) atoms. The van der Waals surface area contributed by atoms with Crippen LogP contribution < -0.4 is 0 Å². The fourth-order valence-corrected chi connectivity index (χ4v) is 5.98. The van der Waals surface area contributed by atoms with Crippen LogP contribution in [0.2, 0.25) is 0 Å². The summed E-state index contributed by atoms with van der Waals surface area (Å²) in [6.07, 6.45) is 5.61. The van der Waals surface area contributed by atoms with Crippen LogP contribution in [0.1, 0.15) is 31.5 Å². The molecule has 0 bridgehead atoms. The van der Waals surface area contributed by atoms with E-state index in [1.807, 2.05) is 6.92 Å². The summed E-state index contributed by atoms with van der Waals surface area (Å²) in [5.74, 6) is -2.19. The number of nitrogens with zero attached hydrogens (tertiary/aromatic N) is 5. The van der Waals surface area contributed by atoms with Crippen molar-refractivity contribution in [1.29, 1.82) is 0 Å². The standard InChI is InChI=1S/C24H25F2N5O3S/c1-5-17-23(30(3)29-28-17)15-10-18-22(27-12-15)20-19(35(4,32)33)11-16(25)21(26)24(20)31(18)13(2)14-6-8-34-9-7-14/h5,10-14H,1,6-9H2,2-4H3/t13-/m1/s1. The number of halogens is 2. The molecule has 0 amide bonds. The average Bonchev–Trinajstić information content (AvgIpc) is 3.38. The van der Waals surface area contributed by atoms with Crippen molar-refractivity contribution < 1.29 is 21.9 Å². The lowest BCUT2D eigenvalue weighted by atomic mass is 9.92. The maximum absolute atomic E-state index is 15.5. The molecular formula is C24H25F2N5O3S. The fourth-order valence-electron chi connectivity index (χ4n) is 5.09. The van der Waals surface area contributed by atoms with Gasteiger partial charge in [-0.2, -0.15) is 0 Å². The molecule has 184 valence electrons. The highest BCUT2D eigenvalue weighted by Crippen LogP contribution is 2.41. The number of ether oxygens (including phenoxy) is 1. The summed E-state index contributed by atoms with van der Waals surface area (Å²) in [6.45, 7) is 6.87. The number of aromatic nitrogens is 5. The minimum absolute atomic E-state index is 0.0823. The van der Waals surface area contributed by atoms with Crippen molar-refractivity contribution in [2.75, 3.05) is 19.5 Å². The van der Waals surface area contributed by atoms with E-state index in [4.69, 9.17) is 4.74 Å². The van der Waals surface area contributed by atoms with Crippen LogP contribution in [-0.4, -0.2) is 52.4 Å². The Bertz CT molecular complexity index is 1590. The van der Waals surface area contributed by atoms with Gasteiger partial charge in [-0.25, -0.2) is 21.9 Å². The number of pyridine rings is 1. The van der Waals surface area contributed by atoms with E-state index in [2.05, 4.69) is 21.9 Å². The Hall–Kier alpha value is -3.18. The number of sulfone groups is 1. The normalized spacial score (nSPS) is 16.3. The molecule has 0 unspecified atom stereocenters. The predicted molar refractivity (Wildman–Crippen MR) is 129 cm³/mol. The quantitative estimate of drug-likeness (QED) is 0.379. The van der Waals surface area contributed by atoms with Crippen molar-refractivity contribution in [3.63, 3.8) is 0 Å². The van der Waals surface area contributed by atoms with E-state index in [0.29, 0.717) is 35.7 Å². The molecule has 8 nitrogen and oxygen atoms in total. The molecule has 0 radical (unpaired) electrons. The summed E-state index contributed by atoms with van der Waals surface area (Å²) in [6, 6.07) is 2.27. The highest BCUT2D eigenvalue weighted by molar-refractivity contribution is 7.91. The lowest BCUT2D eigenvalue weighted by molar-refractivity contribution is 0.0524. The van der Waals surface area contributed by atoms with E-state index in [1.165, 1.54) is 0 Å². The van der Waals surface area contributed by atoms with E-state index in [1.54, 1.807) is 34.6 Å². The van der Waals surface area contributed by atoms with Crippen molar-refractivity contribution in [3.8, 4) is 11.3 Å². The highest BCUT2D eigenvalue weighted by atomic mass is 32.2. The van der Waals surface area contributed by atoms with Crippen LogP contribution in [0.5, 0.6) is 0 Å². The second kappa shape index (κ2) is 8.49. The second-order valence-electron chi connectivity index (χ2n) is 8.97. The minimum atomic E-state index is -3.89. The summed E-state index contributed by atoms with van der Waals surface area (Å²) in [7, 11) is -2.15. The molecule has 0 saturated carbocycles. The van der Waals surface area contributed by atoms with Gasteiger partial charge in [-0.1, -0.05) is 11.8 Å². The van der Waals surface area contributed by atoms with Gasteiger partial charge in [0.2, 0.25) is 0 Å². The molecular weight excluding hydrogens is 476 g/mol. The summed E-state index contributed by atoms with van der Waals surface area (Å²) in [4.78, 5) is 4.28. The maximum atomic E-state index is 15.5. The monoisotopic (exact) mass is 501 g/mol. The van der Waals surface area contributed by atoms with E-state index in [9.17, 15) is 12.8 Å². The van der Waals surface area contributed by atoms with Gasteiger partial charge in [-0.05, 0) is 43.9 Å². The molecule has 1 saturated heterocycles. The first-order valence-corrected chi connectivity index (χ1v) is 13.1. The predicted octanol–water partition coefficient (Wildman–Crippen LogP) is 4.30. The Balaban J connectivity index is 1.91. The Morgan fingerprint density at radius 2 is 1.97 bits per heavy atom. The topological polar surface area (TPSA) is 91.9 Å². The second-order valence-corrected chi connectivity index (χ2v) is 11.0. The number of hydrogen-bond donors (Lipinski definition) is 0. The summed E-state index contributed by atoms with van der Waals surface area (Å²) in [5.41, 5.74) is 2.53. The van der Waals surface area contributed by atoms with Crippen LogP contribution >= 0.6 is 0 Å². The van der Waals surface area contributed by atoms with Gasteiger partial charge in [0.1, 0.15) is 5.69 Å². The first-order valence-electron chi connectivity index (χ1n) is 11.3. The molecule has 1 aliphatic rings. The Labute approximate surface area is 201 Å². The smallest absolute Gasteiger partial charge is 0.183 e. The zero-order valence-corrected chi connectivity index (χ0v) is 20.4. The van der Waals surface area contributed by atoms with Crippen molar-refractivity contribution in [3.05, 3.63) is 42.2 Å². The van der Waals surface area contributed by atoms with Crippen molar-refractivity contribution in [2.24, 2.45) is 13.0 Å². The number of fused-ring (bicyclic) bond motifs is 3. The zero-order valence-electron chi connectivity index (χ0n) is 19.6. The van der Waals surface area contributed by atoms with Gasteiger partial charge in [0.05, 0.1) is 27.1 Å². The molecule has 5 rings (SSSR count). The van der Waals surface area contributed by atoms with Crippen LogP contribution in [-0.2, 0) is 21.6 Å². The van der Waals surface area contributed by atoms with Gasteiger partial charge in [-0.15, -0.1) is 5.10 Å². The van der Waals surface area contributed by atoms with Crippen LogP contribution in [0.4, 0.5) is 8.78 Å². The number of hydrogen-bond acceptors (Lipinski definition) is 6. The van der Waals surface area contributed by atoms with Crippen molar-refractivity contribution >= 4 is 37.8 Å². The first-order chi connectivity index (χ1) is 16.6. The molecule has 1 aromatic carbocycles. The Kier molecular flexibility index (Phi) is 5.71. The van der Waals surface area contributed by atoms with E-state index in [0.717, 1.165) is 25.2 Å². The lowest BCUT2D eigenvalue weighted by Gasteiger charge is -2.30. The molecule has 1 atom stereocenters. The van der Waals surface area contributed by atoms with Crippen molar-refractivity contribution in [1.82, 2.24) is 24.5 Å². The van der Waals surface area contributed by atoms with Crippen LogP contribution in [0.3, 0.4) is 0 Å². The third-order valence-corrected chi connectivity index (χ3v) is 7.96. The third kappa shape index (κ3) is 3.73. The Morgan fingerprint density at radius 3 is 2.63 bits per heavy atom. The molecule has 0 N–H and O–H groups in total. The van der Waals surface area contributed by atoms with E-state index in [-0.39, 0.29) is 33.3 Å². The summed E-state index contributed by atoms with van der Waals surface area (Å²) < 4.78 is 64.3. The SMILES string of the molecule is C=Cc1nnn(C)c1-c1cnc2c3c(S(C)(=O)=O)cc(F)c(F)c3n([C@H](C)C3CCOCC3)c2c1. The van der Waals surface area contributed by atoms with Gasteiger partial charge in [0, 0.05) is 49.7 Å². The molecule has 11 heteroatoms. The zero-order chi connectivity index (χ0) is 25.1. The molecule has 1 fully saturated rings. The third-order valence-electron chi connectivity index (χ3n) is 6.84. The van der Waals surface area contributed by atoms with Gasteiger partial charge >= 0.3 is 0 Å². The molecule has 4 heterocycles. The van der Waals surface area contributed by atoms with E-state index < -0.39 is 21.5 Å². The van der Waals surface area contributed by atoms with Gasteiger partial charge < -0.3 is 9.30 Å². The Morgan fingerprint density at radius 1 is 1.26 bits per heavy atom. The number of aryl methyl sites for hydroxylation is 1. The molecule has 3 aromatic heterocycles. The first kappa shape index (κ1) is 23.6. The lowest BCUT2D eigenvalue weighted by Crippen LogP contribution is -2.24. The minimum Gasteiger partial charge on any atom is -0.381 e. The van der Waals surface area contributed by atoms with Gasteiger partial charge in [0.25, 0.3) is 0 Å². The van der Waals surface area contributed by atoms with E-state index >= 15 is 4.39 Å². The van der Waals surface area contributed by atoms with Crippen molar-refractivity contribution in [2.45, 2.75) is 30.7 Å². The maximum Gasteiger partial charge on any atom is 0.183 e. The molecule has 4 aromatic rings.